The molecule has 4 nitrogen and oxygen atoms in total. The molecular weight excluding hydrogens is 255 g/mol. The molecule has 2 fully saturated rings. The van der Waals surface area contributed by atoms with Gasteiger partial charge in [-0.1, -0.05) is 12.1 Å². The third-order valence-electron chi connectivity index (χ3n) is 4.33. The number of aromatic nitrogens is 3. The molecule has 2 heterocycles. The number of benzene rings is 1. The van der Waals surface area contributed by atoms with Gasteiger partial charge in [0.15, 0.2) is 0 Å². The summed E-state index contributed by atoms with van der Waals surface area (Å²) in [5.41, 5.74) is 1.42. The first-order valence-corrected chi connectivity index (χ1v) is 7.02. The molecule has 1 aromatic heterocycles. The summed E-state index contributed by atoms with van der Waals surface area (Å²) in [4.78, 5) is 6.82. The number of nitrogens with zero attached hydrogens (tertiary/aromatic N) is 4. The lowest BCUT2D eigenvalue weighted by atomic mass is 10.1. The SMILES string of the molecule is Fc1cccc(-c2cnnc(N3C[C@H]4CC[C@H]3C4)n2)c1. The lowest BCUT2D eigenvalue weighted by molar-refractivity contribution is 0.544. The summed E-state index contributed by atoms with van der Waals surface area (Å²) >= 11 is 0. The number of fused-ring (bicyclic) bond motifs is 2. The van der Waals surface area contributed by atoms with Crippen LogP contribution in [0, 0.1) is 11.7 Å². The van der Waals surface area contributed by atoms with E-state index in [1.165, 1.54) is 31.4 Å². The normalized spacial score (nSPS) is 24.4. The number of hydrogen-bond donors (Lipinski definition) is 0. The van der Waals surface area contributed by atoms with Crippen LogP contribution in [0.1, 0.15) is 19.3 Å². The molecule has 0 radical (unpaired) electrons. The number of piperidine rings is 1. The fraction of sp³-hybridized carbons (Fsp3) is 0.400. The highest BCUT2D eigenvalue weighted by Gasteiger charge is 2.39. The van der Waals surface area contributed by atoms with Gasteiger partial charge in [-0.05, 0) is 37.3 Å². The molecule has 2 aromatic rings. The molecule has 1 aromatic carbocycles. The van der Waals surface area contributed by atoms with E-state index in [9.17, 15) is 4.39 Å². The van der Waals surface area contributed by atoms with Crippen LogP contribution < -0.4 is 4.90 Å². The van der Waals surface area contributed by atoms with Gasteiger partial charge in [-0.15, -0.1) is 5.10 Å². The van der Waals surface area contributed by atoms with Crippen molar-refractivity contribution in [2.24, 2.45) is 5.92 Å². The molecule has 1 aliphatic carbocycles. The third kappa shape index (κ3) is 1.94. The minimum Gasteiger partial charge on any atom is -0.336 e. The lowest BCUT2D eigenvalue weighted by Crippen LogP contribution is -2.33. The summed E-state index contributed by atoms with van der Waals surface area (Å²) in [5.74, 6) is 1.20. The van der Waals surface area contributed by atoms with E-state index in [0.29, 0.717) is 17.7 Å². The topological polar surface area (TPSA) is 41.9 Å². The zero-order valence-electron chi connectivity index (χ0n) is 11.0. The third-order valence-corrected chi connectivity index (χ3v) is 4.33. The number of rotatable bonds is 2. The van der Waals surface area contributed by atoms with Crippen molar-refractivity contribution >= 4 is 5.95 Å². The van der Waals surface area contributed by atoms with Gasteiger partial charge in [0.1, 0.15) is 5.82 Å². The molecule has 2 aliphatic rings. The maximum Gasteiger partial charge on any atom is 0.246 e. The molecule has 4 rings (SSSR count). The van der Waals surface area contributed by atoms with E-state index in [1.807, 2.05) is 6.07 Å². The smallest absolute Gasteiger partial charge is 0.246 e. The minimum absolute atomic E-state index is 0.261. The Morgan fingerprint density at radius 1 is 1.25 bits per heavy atom. The summed E-state index contributed by atoms with van der Waals surface area (Å²) < 4.78 is 13.3. The van der Waals surface area contributed by atoms with E-state index < -0.39 is 0 Å². The maximum absolute atomic E-state index is 13.3. The van der Waals surface area contributed by atoms with Gasteiger partial charge in [-0.25, -0.2) is 9.37 Å². The van der Waals surface area contributed by atoms with Crippen LogP contribution in [0.25, 0.3) is 11.3 Å². The summed E-state index contributed by atoms with van der Waals surface area (Å²) in [6, 6.07) is 6.99. The van der Waals surface area contributed by atoms with Crippen molar-refractivity contribution in [1.82, 2.24) is 15.2 Å². The van der Waals surface area contributed by atoms with E-state index in [2.05, 4.69) is 20.1 Å². The van der Waals surface area contributed by atoms with Crippen LogP contribution in [-0.2, 0) is 0 Å². The van der Waals surface area contributed by atoms with E-state index in [4.69, 9.17) is 0 Å². The quantitative estimate of drug-likeness (QED) is 0.841. The monoisotopic (exact) mass is 270 g/mol. The molecule has 102 valence electrons. The van der Waals surface area contributed by atoms with Gasteiger partial charge in [-0.2, -0.15) is 5.10 Å². The van der Waals surface area contributed by atoms with Crippen molar-refractivity contribution < 1.29 is 4.39 Å². The fourth-order valence-corrected chi connectivity index (χ4v) is 3.37. The number of halogens is 1. The Labute approximate surface area is 116 Å². The summed E-state index contributed by atoms with van der Waals surface area (Å²) in [5, 5.41) is 8.20. The van der Waals surface area contributed by atoms with E-state index in [1.54, 1.807) is 12.3 Å². The number of hydrogen-bond acceptors (Lipinski definition) is 4. The van der Waals surface area contributed by atoms with Gasteiger partial charge in [0.2, 0.25) is 5.95 Å². The van der Waals surface area contributed by atoms with Crippen LogP contribution in [-0.4, -0.2) is 27.8 Å². The Balaban J connectivity index is 1.68. The van der Waals surface area contributed by atoms with Gasteiger partial charge in [0.25, 0.3) is 0 Å². The van der Waals surface area contributed by atoms with Crippen LogP contribution in [0.3, 0.4) is 0 Å². The predicted octanol–water partition coefficient (Wildman–Crippen LogP) is 2.67. The zero-order chi connectivity index (χ0) is 13.5. The van der Waals surface area contributed by atoms with Gasteiger partial charge in [0, 0.05) is 18.2 Å². The molecule has 1 saturated heterocycles. The summed E-state index contributed by atoms with van der Waals surface area (Å²) in [7, 11) is 0. The Bertz CT molecular complexity index is 645. The van der Waals surface area contributed by atoms with E-state index in [-0.39, 0.29) is 5.82 Å². The minimum atomic E-state index is -0.261. The van der Waals surface area contributed by atoms with Crippen molar-refractivity contribution in [2.75, 3.05) is 11.4 Å². The molecule has 0 unspecified atom stereocenters. The van der Waals surface area contributed by atoms with Gasteiger partial charge in [-0.3, -0.25) is 0 Å². The second kappa shape index (κ2) is 4.51. The number of anilines is 1. The van der Waals surface area contributed by atoms with Crippen molar-refractivity contribution in [3.63, 3.8) is 0 Å². The fourth-order valence-electron chi connectivity index (χ4n) is 3.37. The van der Waals surface area contributed by atoms with Crippen LogP contribution in [0.4, 0.5) is 10.3 Å². The largest absolute Gasteiger partial charge is 0.336 e. The van der Waals surface area contributed by atoms with Crippen LogP contribution in [0.15, 0.2) is 30.5 Å². The second-order valence-electron chi connectivity index (χ2n) is 5.64. The standard InChI is InChI=1S/C15H15FN4/c16-12-3-1-2-11(7-12)14-8-17-19-15(18-14)20-9-10-4-5-13(20)6-10/h1-3,7-8,10,13H,4-6,9H2/t10-,13-/m0/s1. The van der Waals surface area contributed by atoms with E-state index in [0.717, 1.165) is 18.0 Å². The molecule has 2 bridgehead atoms. The van der Waals surface area contributed by atoms with Crippen LogP contribution >= 0.6 is 0 Å². The van der Waals surface area contributed by atoms with E-state index >= 15 is 0 Å². The first-order valence-electron chi connectivity index (χ1n) is 7.02. The molecule has 20 heavy (non-hydrogen) atoms. The maximum atomic E-state index is 13.3. The Hall–Kier alpha value is -2.04. The molecule has 1 saturated carbocycles. The summed E-state index contributed by atoms with van der Waals surface area (Å²) in [6.07, 6.45) is 5.37. The molecule has 0 N–H and O–H groups in total. The first kappa shape index (κ1) is 11.8. The van der Waals surface area contributed by atoms with Gasteiger partial charge in [0.05, 0.1) is 11.9 Å². The van der Waals surface area contributed by atoms with Crippen LogP contribution in [0.5, 0.6) is 0 Å². The van der Waals surface area contributed by atoms with Crippen molar-refractivity contribution in [1.29, 1.82) is 0 Å². The lowest BCUT2D eigenvalue weighted by Gasteiger charge is -2.26. The van der Waals surface area contributed by atoms with Gasteiger partial charge < -0.3 is 4.90 Å². The molecular formula is C15H15FN4. The highest BCUT2D eigenvalue weighted by Crippen LogP contribution is 2.39. The average molecular weight is 270 g/mol. The zero-order valence-corrected chi connectivity index (χ0v) is 11.0. The molecule has 2 atom stereocenters. The predicted molar refractivity (Wildman–Crippen MR) is 73.7 cm³/mol. The first-order chi connectivity index (χ1) is 9.79. The van der Waals surface area contributed by atoms with Crippen LogP contribution in [0.2, 0.25) is 0 Å². The second-order valence-corrected chi connectivity index (χ2v) is 5.64. The van der Waals surface area contributed by atoms with Crippen molar-refractivity contribution in [3.8, 4) is 11.3 Å². The Morgan fingerprint density at radius 2 is 2.20 bits per heavy atom. The summed E-state index contributed by atoms with van der Waals surface area (Å²) in [6.45, 7) is 1.03. The molecule has 0 spiro atoms. The molecule has 5 heteroatoms. The Kier molecular flexibility index (Phi) is 2.65. The van der Waals surface area contributed by atoms with Crippen molar-refractivity contribution in [3.05, 3.63) is 36.3 Å². The van der Waals surface area contributed by atoms with Crippen molar-refractivity contribution in [2.45, 2.75) is 25.3 Å². The van der Waals surface area contributed by atoms with Gasteiger partial charge >= 0.3 is 0 Å². The highest BCUT2D eigenvalue weighted by atomic mass is 19.1. The molecule has 1 aliphatic heterocycles. The average Bonchev–Trinajstić information content (AvgIpc) is 3.10. The molecule has 0 amide bonds. The Morgan fingerprint density at radius 3 is 2.95 bits per heavy atom. The highest BCUT2D eigenvalue weighted by molar-refractivity contribution is 5.59.